The van der Waals surface area contributed by atoms with Crippen LogP contribution >= 0.6 is 11.6 Å². The van der Waals surface area contributed by atoms with Crippen molar-refractivity contribution in [1.29, 1.82) is 0 Å². The van der Waals surface area contributed by atoms with Gasteiger partial charge >= 0.3 is 5.97 Å². The maximum atomic E-state index is 12.3. The first-order valence-electron chi connectivity index (χ1n) is 7.17. The third kappa shape index (κ3) is 2.91. The summed E-state index contributed by atoms with van der Waals surface area (Å²) in [6.45, 7) is 2.73. The summed E-state index contributed by atoms with van der Waals surface area (Å²) in [7, 11) is 0. The van der Waals surface area contributed by atoms with Crippen LogP contribution in [0.2, 0.25) is 5.02 Å². The van der Waals surface area contributed by atoms with E-state index in [0.717, 1.165) is 12.0 Å². The molecule has 1 aliphatic heterocycles. The Balaban J connectivity index is 1.77. The first-order chi connectivity index (χ1) is 9.95. The Morgan fingerprint density at radius 3 is 2.86 bits per heavy atom. The SMILES string of the molecule is CC1COc2c(Cl)cc(C(=O)CC3C[C@@H]3C(=O)O)cc2C1. The number of carboxylic acid groups (broad SMARTS) is 1. The van der Waals surface area contributed by atoms with E-state index in [4.69, 9.17) is 21.4 Å². The zero-order valence-corrected chi connectivity index (χ0v) is 12.5. The number of hydrogen-bond acceptors (Lipinski definition) is 3. The smallest absolute Gasteiger partial charge is 0.306 e. The summed E-state index contributed by atoms with van der Waals surface area (Å²) in [5.74, 6) is -0.143. The van der Waals surface area contributed by atoms with Crippen LogP contribution in [0.15, 0.2) is 12.1 Å². The molecule has 1 fully saturated rings. The van der Waals surface area contributed by atoms with Crippen molar-refractivity contribution in [2.75, 3.05) is 6.61 Å². The van der Waals surface area contributed by atoms with Gasteiger partial charge in [0, 0.05) is 12.0 Å². The van der Waals surface area contributed by atoms with Crippen LogP contribution in [0, 0.1) is 17.8 Å². The Hall–Kier alpha value is -1.55. The van der Waals surface area contributed by atoms with E-state index in [9.17, 15) is 9.59 Å². The lowest BCUT2D eigenvalue weighted by atomic mass is 9.94. The molecular formula is C16H17ClO4. The Kier molecular flexibility index (Phi) is 3.66. The Labute approximate surface area is 128 Å². The van der Waals surface area contributed by atoms with Crippen molar-refractivity contribution in [3.8, 4) is 5.75 Å². The maximum Gasteiger partial charge on any atom is 0.306 e. The average molecular weight is 309 g/mol. The number of Topliss-reactive ketones (excluding diaryl/α,β-unsaturated/α-hetero) is 1. The fraction of sp³-hybridized carbons (Fsp3) is 0.500. The molecule has 21 heavy (non-hydrogen) atoms. The highest BCUT2D eigenvalue weighted by atomic mass is 35.5. The van der Waals surface area contributed by atoms with Crippen molar-refractivity contribution in [1.82, 2.24) is 0 Å². The number of benzene rings is 1. The van der Waals surface area contributed by atoms with Gasteiger partial charge in [-0.15, -0.1) is 0 Å². The molecule has 1 N–H and O–H groups in total. The van der Waals surface area contributed by atoms with Gasteiger partial charge in [-0.2, -0.15) is 0 Å². The molecule has 0 amide bonds. The van der Waals surface area contributed by atoms with Gasteiger partial charge in [0.1, 0.15) is 5.75 Å². The number of carbonyl (C=O) groups excluding carboxylic acids is 1. The van der Waals surface area contributed by atoms with Crippen LogP contribution in [0.25, 0.3) is 0 Å². The summed E-state index contributed by atoms with van der Waals surface area (Å²) < 4.78 is 5.62. The third-order valence-electron chi connectivity index (χ3n) is 4.21. The van der Waals surface area contributed by atoms with Crippen molar-refractivity contribution in [3.63, 3.8) is 0 Å². The summed E-state index contributed by atoms with van der Waals surface area (Å²) in [4.78, 5) is 23.1. The molecule has 1 aromatic rings. The Bertz CT molecular complexity index is 611. The number of hydrogen-bond donors (Lipinski definition) is 1. The van der Waals surface area contributed by atoms with Crippen LogP contribution in [0.4, 0.5) is 0 Å². The first kappa shape index (κ1) is 14.4. The highest BCUT2D eigenvalue weighted by molar-refractivity contribution is 6.32. The summed E-state index contributed by atoms with van der Waals surface area (Å²) in [6.07, 6.45) is 1.72. The fourth-order valence-corrected chi connectivity index (χ4v) is 3.21. The Morgan fingerprint density at radius 2 is 2.19 bits per heavy atom. The van der Waals surface area contributed by atoms with Gasteiger partial charge in [-0.3, -0.25) is 9.59 Å². The van der Waals surface area contributed by atoms with Crippen molar-refractivity contribution in [2.45, 2.75) is 26.2 Å². The van der Waals surface area contributed by atoms with E-state index in [1.165, 1.54) is 0 Å². The molecule has 0 saturated heterocycles. The van der Waals surface area contributed by atoms with Crippen molar-refractivity contribution >= 4 is 23.4 Å². The van der Waals surface area contributed by atoms with Crippen LogP contribution in [0.3, 0.4) is 0 Å². The molecule has 3 rings (SSSR count). The van der Waals surface area contributed by atoms with E-state index in [2.05, 4.69) is 6.92 Å². The normalized spacial score (nSPS) is 26.7. The average Bonchev–Trinajstić information content (AvgIpc) is 3.17. The number of ether oxygens (including phenoxy) is 1. The number of ketones is 1. The molecule has 1 heterocycles. The van der Waals surface area contributed by atoms with Crippen molar-refractivity contribution in [2.24, 2.45) is 17.8 Å². The van der Waals surface area contributed by atoms with Gasteiger partial charge in [0.15, 0.2) is 5.78 Å². The molecular weight excluding hydrogens is 292 g/mol. The van der Waals surface area contributed by atoms with Gasteiger partial charge in [-0.25, -0.2) is 0 Å². The Morgan fingerprint density at radius 1 is 1.43 bits per heavy atom. The lowest BCUT2D eigenvalue weighted by molar-refractivity contribution is -0.138. The van der Waals surface area contributed by atoms with E-state index >= 15 is 0 Å². The van der Waals surface area contributed by atoms with Crippen LogP contribution in [-0.2, 0) is 11.2 Å². The monoisotopic (exact) mass is 308 g/mol. The lowest BCUT2D eigenvalue weighted by Crippen LogP contribution is -2.19. The molecule has 1 saturated carbocycles. The van der Waals surface area contributed by atoms with E-state index in [1.807, 2.05) is 6.07 Å². The third-order valence-corrected chi connectivity index (χ3v) is 4.49. The minimum atomic E-state index is -0.807. The van der Waals surface area contributed by atoms with E-state index in [1.54, 1.807) is 6.07 Å². The van der Waals surface area contributed by atoms with Gasteiger partial charge in [0.2, 0.25) is 0 Å². The van der Waals surface area contributed by atoms with E-state index in [-0.39, 0.29) is 24.0 Å². The van der Waals surface area contributed by atoms with Gasteiger partial charge in [0.25, 0.3) is 0 Å². The minimum Gasteiger partial charge on any atom is -0.491 e. The standard InChI is InChI=1S/C16H17ClO4/c1-8-2-11-3-10(5-13(17)15(11)21-7-8)14(18)6-9-4-12(9)16(19)20/h3,5,8-9,12H,2,4,6-7H2,1H3,(H,19,20)/t8?,9?,12-/m0/s1. The van der Waals surface area contributed by atoms with E-state index < -0.39 is 5.97 Å². The van der Waals surface area contributed by atoms with Crippen molar-refractivity contribution < 1.29 is 19.4 Å². The molecule has 2 unspecified atom stereocenters. The number of carbonyl (C=O) groups is 2. The molecule has 5 heteroatoms. The second kappa shape index (κ2) is 5.34. The van der Waals surface area contributed by atoms with Gasteiger partial charge in [-0.1, -0.05) is 18.5 Å². The van der Waals surface area contributed by atoms with E-state index in [0.29, 0.717) is 35.3 Å². The molecule has 0 spiro atoms. The highest BCUT2D eigenvalue weighted by Gasteiger charge is 2.44. The molecule has 0 aromatic heterocycles. The molecule has 1 aliphatic carbocycles. The summed E-state index contributed by atoms with van der Waals surface area (Å²) >= 11 is 6.20. The summed E-state index contributed by atoms with van der Waals surface area (Å²) in [5, 5.41) is 9.36. The van der Waals surface area contributed by atoms with Crippen LogP contribution in [0.1, 0.15) is 35.7 Å². The molecule has 3 atom stereocenters. The minimum absolute atomic E-state index is 0.0278. The van der Waals surface area contributed by atoms with Crippen LogP contribution < -0.4 is 4.74 Å². The van der Waals surface area contributed by atoms with Gasteiger partial charge < -0.3 is 9.84 Å². The number of aliphatic carboxylic acids is 1. The first-order valence-corrected chi connectivity index (χ1v) is 7.54. The second-order valence-corrected chi connectivity index (χ2v) is 6.54. The highest BCUT2D eigenvalue weighted by Crippen LogP contribution is 2.43. The quantitative estimate of drug-likeness (QED) is 0.868. The predicted molar refractivity (Wildman–Crippen MR) is 78.0 cm³/mol. The van der Waals surface area contributed by atoms with Crippen LogP contribution in [-0.4, -0.2) is 23.5 Å². The second-order valence-electron chi connectivity index (χ2n) is 6.13. The van der Waals surface area contributed by atoms with Crippen LogP contribution in [0.5, 0.6) is 5.75 Å². The maximum absolute atomic E-state index is 12.3. The molecule has 0 bridgehead atoms. The predicted octanol–water partition coefficient (Wildman–Crippen LogP) is 3.20. The molecule has 0 radical (unpaired) electrons. The van der Waals surface area contributed by atoms with Crippen molar-refractivity contribution in [3.05, 3.63) is 28.3 Å². The molecule has 4 nitrogen and oxygen atoms in total. The summed E-state index contributed by atoms with van der Waals surface area (Å²) in [5.41, 5.74) is 1.53. The molecule has 1 aromatic carbocycles. The number of fused-ring (bicyclic) bond motifs is 1. The number of halogens is 1. The number of rotatable bonds is 4. The largest absolute Gasteiger partial charge is 0.491 e. The topological polar surface area (TPSA) is 63.6 Å². The zero-order chi connectivity index (χ0) is 15.1. The fourth-order valence-electron chi connectivity index (χ4n) is 2.92. The zero-order valence-electron chi connectivity index (χ0n) is 11.8. The van der Waals surface area contributed by atoms with Gasteiger partial charge in [0.05, 0.1) is 17.5 Å². The summed E-state index contributed by atoms with van der Waals surface area (Å²) in [6, 6.07) is 3.48. The number of carboxylic acids is 1. The lowest BCUT2D eigenvalue weighted by Gasteiger charge is -2.24. The molecule has 112 valence electrons. The van der Waals surface area contributed by atoms with Gasteiger partial charge in [-0.05, 0) is 42.4 Å². The molecule has 2 aliphatic rings.